The second kappa shape index (κ2) is 6.37. The molecule has 8 heteroatoms. The van der Waals surface area contributed by atoms with Crippen LogP contribution >= 0.6 is 11.3 Å². The number of aromatic nitrogens is 3. The van der Waals surface area contributed by atoms with Gasteiger partial charge in [-0.15, -0.1) is 11.3 Å². The first-order chi connectivity index (χ1) is 11.0. The Morgan fingerprint density at radius 1 is 1.43 bits per heavy atom. The van der Waals surface area contributed by atoms with Gasteiger partial charge in [-0.25, -0.2) is 4.98 Å². The van der Waals surface area contributed by atoms with Gasteiger partial charge in [0.1, 0.15) is 0 Å². The molecule has 1 aliphatic rings. The lowest BCUT2D eigenvalue weighted by molar-refractivity contribution is -0.118. The van der Waals surface area contributed by atoms with E-state index in [1.807, 2.05) is 19.2 Å². The predicted octanol–water partition coefficient (Wildman–Crippen LogP) is 2.44. The summed E-state index contributed by atoms with van der Waals surface area (Å²) in [6.07, 6.45) is 4.44. The van der Waals surface area contributed by atoms with E-state index in [9.17, 15) is 4.79 Å². The van der Waals surface area contributed by atoms with Crippen LogP contribution in [0.4, 0.5) is 5.13 Å². The number of carbonyl (C=O) groups is 1. The fourth-order valence-corrected chi connectivity index (χ4v) is 3.32. The molecule has 1 amide bonds. The van der Waals surface area contributed by atoms with E-state index >= 15 is 0 Å². The summed E-state index contributed by atoms with van der Waals surface area (Å²) in [6.45, 7) is 3.69. The van der Waals surface area contributed by atoms with Crippen molar-refractivity contribution in [2.75, 3.05) is 5.32 Å². The third-order valence-electron chi connectivity index (χ3n) is 4.05. The van der Waals surface area contributed by atoms with Crippen molar-refractivity contribution in [1.82, 2.24) is 15.1 Å². The average Bonchev–Trinajstić information content (AvgIpc) is 3.21. The second-order valence-electron chi connectivity index (χ2n) is 6.34. The lowest BCUT2D eigenvalue weighted by Gasteiger charge is -2.17. The summed E-state index contributed by atoms with van der Waals surface area (Å²) >= 11 is 1.39. The van der Waals surface area contributed by atoms with E-state index in [-0.39, 0.29) is 11.8 Å². The number of thiazole rings is 1. The second-order valence-corrected chi connectivity index (χ2v) is 7.20. The highest BCUT2D eigenvalue weighted by molar-refractivity contribution is 7.13. The van der Waals surface area contributed by atoms with Crippen molar-refractivity contribution in [3.05, 3.63) is 22.8 Å². The molecule has 3 rings (SSSR count). The molecular formula is C15H21N5O2S. The van der Waals surface area contributed by atoms with E-state index in [2.05, 4.69) is 20.4 Å². The molecule has 0 aliphatic heterocycles. The van der Waals surface area contributed by atoms with Crippen LogP contribution in [-0.4, -0.2) is 21.0 Å². The minimum absolute atomic E-state index is 0.0442. The zero-order valence-corrected chi connectivity index (χ0v) is 14.2. The molecule has 0 spiro atoms. The fourth-order valence-electron chi connectivity index (χ4n) is 2.61. The number of nitrogens with two attached hydrogens (primary N) is 1. The van der Waals surface area contributed by atoms with Gasteiger partial charge in [0.15, 0.2) is 11.0 Å². The summed E-state index contributed by atoms with van der Waals surface area (Å²) < 4.78 is 5.31. The molecule has 0 unspecified atom stereocenters. The molecule has 0 bridgehead atoms. The molecule has 2 aromatic heterocycles. The summed E-state index contributed by atoms with van der Waals surface area (Å²) in [6, 6.07) is 0. The quantitative estimate of drug-likeness (QED) is 0.869. The van der Waals surface area contributed by atoms with Gasteiger partial charge in [0.05, 0.1) is 17.7 Å². The van der Waals surface area contributed by atoms with Gasteiger partial charge in [-0.2, -0.15) is 4.98 Å². The Bertz CT molecular complexity index is 688. The van der Waals surface area contributed by atoms with Crippen molar-refractivity contribution in [3.8, 4) is 0 Å². The largest absolute Gasteiger partial charge is 0.339 e. The van der Waals surface area contributed by atoms with Crippen LogP contribution in [0.25, 0.3) is 0 Å². The maximum absolute atomic E-state index is 11.7. The van der Waals surface area contributed by atoms with Gasteiger partial charge in [0, 0.05) is 11.3 Å². The number of rotatable bonds is 5. The summed E-state index contributed by atoms with van der Waals surface area (Å²) in [5.41, 5.74) is 6.68. The molecule has 0 saturated heterocycles. The topological polar surface area (TPSA) is 107 Å². The maximum atomic E-state index is 11.7. The number of carbonyl (C=O) groups excluding carboxylic acids is 1. The van der Waals surface area contributed by atoms with Crippen LogP contribution in [0.1, 0.15) is 56.9 Å². The summed E-state index contributed by atoms with van der Waals surface area (Å²) in [7, 11) is 0. The molecule has 7 nitrogen and oxygen atoms in total. The average molecular weight is 335 g/mol. The first kappa shape index (κ1) is 16.1. The van der Waals surface area contributed by atoms with Crippen LogP contribution in [0.15, 0.2) is 9.90 Å². The van der Waals surface area contributed by atoms with Crippen molar-refractivity contribution >= 4 is 22.4 Å². The lowest BCUT2D eigenvalue weighted by Crippen LogP contribution is -2.34. The van der Waals surface area contributed by atoms with Crippen LogP contribution in [0.5, 0.6) is 0 Å². The van der Waals surface area contributed by atoms with Gasteiger partial charge >= 0.3 is 0 Å². The molecule has 1 fully saturated rings. The standard InChI is InChI=1S/C15H21N5O2S/c1-9(2)12(21)19-14-17-10(8-23-14)7-11-18-13(20-22-11)15(16)5-3-4-6-15/h8-9H,3-7,16H2,1-2H3,(H,17,19,21). The van der Waals surface area contributed by atoms with Gasteiger partial charge in [0.25, 0.3) is 0 Å². The number of hydrogen-bond acceptors (Lipinski definition) is 7. The van der Waals surface area contributed by atoms with E-state index < -0.39 is 5.54 Å². The third-order valence-corrected chi connectivity index (χ3v) is 4.85. The normalized spacial score (nSPS) is 16.9. The number of hydrogen-bond donors (Lipinski definition) is 2. The molecule has 124 valence electrons. The van der Waals surface area contributed by atoms with E-state index in [1.54, 1.807) is 0 Å². The lowest BCUT2D eigenvalue weighted by atomic mass is 9.99. The highest BCUT2D eigenvalue weighted by atomic mass is 32.1. The molecule has 2 aromatic rings. The minimum Gasteiger partial charge on any atom is -0.339 e. The Morgan fingerprint density at radius 2 is 2.17 bits per heavy atom. The zero-order valence-electron chi connectivity index (χ0n) is 13.3. The van der Waals surface area contributed by atoms with Crippen molar-refractivity contribution < 1.29 is 9.32 Å². The fraction of sp³-hybridized carbons (Fsp3) is 0.600. The maximum Gasteiger partial charge on any atom is 0.232 e. The summed E-state index contributed by atoms with van der Waals surface area (Å²) in [4.78, 5) is 20.5. The van der Waals surface area contributed by atoms with Crippen LogP contribution in [0, 0.1) is 5.92 Å². The van der Waals surface area contributed by atoms with Crippen LogP contribution in [0.3, 0.4) is 0 Å². The smallest absolute Gasteiger partial charge is 0.232 e. The van der Waals surface area contributed by atoms with Crippen molar-refractivity contribution in [3.63, 3.8) is 0 Å². The first-order valence-electron chi connectivity index (χ1n) is 7.83. The highest BCUT2D eigenvalue weighted by Crippen LogP contribution is 2.34. The summed E-state index contributed by atoms with van der Waals surface area (Å²) in [5.74, 6) is 0.975. The molecule has 0 atom stereocenters. The Labute approximate surface area is 138 Å². The van der Waals surface area contributed by atoms with Crippen molar-refractivity contribution in [2.45, 2.75) is 51.5 Å². The Balaban J connectivity index is 1.65. The molecule has 2 heterocycles. The highest BCUT2D eigenvalue weighted by Gasteiger charge is 2.35. The summed E-state index contributed by atoms with van der Waals surface area (Å²) in [5, 5.41) is 9.29. The van der Waals surface area contributed by atoms with Gasteiger partial charge in [-0.1, -0.05) is 31.8 Å². The van der Waals surface area contributed by atoms with E-state index in [4.69, 9.17) is 10.3 Å². The molecule has 23 heavy (non-hydrogen) atoms. The predicted molar refractivity (Wildman–Crippen MR) is 87.0 cm³/mol. The van der Waals surface area contributed by atoms with Crippen LogP contribution in [0.2, 0.25) is 0 Å². The SMILES string of the molecule is CC(C)C(=O)Nc1nc(Cc2nc(C3(N)CCCC3)no2)cs1. The first-order valence-corrected chi connectivity index (χ1v) is 8.71. The number of nitrogens with zero attached hydrogens (tertiary/aromatic N) is 3. The number of nitrogens with one attached hydrogen (secondary N) is 1. The Hall–Kier alpha value is -1.80. The van der Waals surface area contributed by atoms with Crippen LogP contribution in [-0.2, 0) is 16.8 Å². The molecule has 0 aromatic carbocycles. The zero-order chi connectivity index (χ0) is 16.4. The van der Waals surface area contributed by atoms with Crippen molar-refractivity contribution in [1.29, 1.82) is 0 Å². The number of anilines is 1. The molecule has 1 saturated carbocycles. The molecule has 3 N–H and O–H groups in total. The van der Waals surface area contributed by atoms with Gasteiger partial charge in [-0.05, 0) is 12.8 Å². The number of amides is 1. The molecule has 1 aliphatic carbocycles. The molecular weight excluding hydrogens is 314 g/mol. The Morgan fingerprint density at radius 3 is 2.87 bits per heavy atom. The monoisotopic (exact) mass is 335 g/mol. The third kappa shape index (κ3) is 3.59. The minimum atomic E-state index is -0.444. The van der Waals surface area contributed by atoms with E-state index in [0.717, 1.165) is 31.4 Å². The van der Waals surface area contributed by atoms with Gasteiger partial charge in [-0.3, -0.25) is 4.79 Å². The van der Waals surface area contributed by atoms with Gasteiger partial charge in [0.2, 0.25) is 11.8 Å². The van der Waals surface area contributed by atoms with Crippen molar-refractivity contribution in [2.24, 2.45) is 11.7 Å². The van der Waals surface area contributed by atoms with Gasteiger partial charge < -0.3 is 15.6 Å². The van der Waals surface area contributed by atoms with E-state index in [0.29, 0.717) is 23.3 Å². The Kier molecular flexibility index (Phi) is 4.45. The molecule has 0 radical (unpaired) electrons. The van der Waals surface area contributed by atoms with Crippen LogP contribution < -0.4 is 11.1 Å². The van der Waals surface area contributed by atoms with E-state index in [1.165, 1.54) is 11.3 Å².